The minimum absolute atomic E-state index is 0.183. The van der Waals surface area contributed by atoms with Gasteiger partial charge in [0.1, 0.15) is 17.3 Å². The quantitative estimate of drug-likeness (QED) is 0.259. The average molecular weight is 520 g/mol. The zero-order chi connectivity index (χ0) is 27.4. The molecule has 39 heavy (non-hydrogen) atoms. The van der Waals surface area contributed by atoms with Gasteiger partial charge in [-0.25, -0.2) is 4.98 Å². The van der Waals surface area contributed by atoms with Crippen LogP contribution in [-0.4, -0.2) is 34.6 Å². The molecule has 1 amide bonds. The second-order valence-corrected chi connectivity index (χ2v) is 9.15. The molecule has 0 aliphatic heterocycles. The van der Waals surface area contributed by atoms with Crippen LogP contribution in [0.2, 0.25) is 0 Å². The fourth-order valence-electron chi connectivity index (χ4n) is 4.61. The lowest BCUT2D eigenvalue weighted by Gasteiger charge is -2.31. The lowest BCUT2D eigenvalue weighted by molar-refractivity contribution is 0.0664. The van der Waals surface area contributed by atoms with E-state index >= 15 is 0 Å². The molecule has 0 radical (unpaired) electrons. The molecule has 0 fully saturated rings. The number of nitrogens with zero attached hydrogens (tertiary/aromatic N) is 3. The highest BCUT2D eigenvalue weighted by atomic mass is 16.5. The van der Waals surface area contributed by atoms with E-state index in [9.17, 15) is 9.59 Å². The first-order valence-corrected chi connectivity index (χ1v) is 12.6. The maximum absolute atomic E-state index is 14.0. The van der Waals surface area contributed by atoms with Gasteiger partial charge >= 0.3 is 0 Å². The zero-order valence-electron chi connectivity index (χ0n) is 22.1. The summed E-state index contributed by atoms with van der Waals surface area (Å²) < 4.78 is 12.2. The van der Waals surface area contributed by atoms with Crippen LogP contribution in [0.5, 0.6) is 11.5 Å². The van der Waals surface area contributed by atoms with Crippen molar-refractivity contribution in [3.63, 3.8) is 0 Å². The highest BCUT2D eigenvalue weighted by molar-refractivity contribution is 5.94. The lowest BCUT2D eigenvalue weighted by atomic mass is 10.1. The number of methoxy groups -OCH3 is 2. The molecular formula is C32H29N3O4. The Morgan fingerprint density at radius 3 is 2.05 bits per heavy atom. The fourth-order valence-corrected chi connectivity index (χ4v) is 4.61. The van der Waals surface area contributed by atoms with Crippen molar-refractivity contribution in [3.8, 4) is 17.2 Å². The molecule has 5 aromatic rings. The average Bonchev–Trinajstić information content (AvgIpc) is 3.00. The highest BCUT2D eigenvalue weighted by Crippen LogP contribution is 2.27. The minimum atomic E-state index is -0.556. The number of carbonyl (C=O) groups is 1. The van der Waals surface area contributed by atoms with E-state index in [1.807, 2.05) is 67.6 Å². The largest absolute Gasteiger partial charge is 0.497 e. The summed E-state index contributed by atoms with van der Waals surface area (Å²) in [5.41, 5.74) is 2.48. The van der Waals surface area contributed by atoms with Gasteiger partial charge in [-0.2, -0.15) is 0 Å². The van der Waals surface area contributed by atoms with E-state index in [0.717, 1.165) is 5.56 Å². The second-order valence-electron chi connectivity index (χ2n) is 9.15. The zero-order valence-corrected chi connectivity index (χ0v) is 22.1. The van der Waals surface area contributed by atoms with Crippen molar-refractivity contribution >= 4 is 16.8 Å². The summed E-state index contributed by atoms with van der Waals surface area (Å²) in [6, 6.07) is 30.7. The van der Waals surface area contributed by atoms with E-state index in [2.05, 4.69) is 0 Å². The van der Waals surface area contributed by atoms with Gasteiger partial charge in [0.2, 0.25) is 0 Å². The van der Waals surface area contributed by atoms with Crippen LogP contribution in [0, 0.1) is 0 Å². The third-order valence-corrected chi connectivity index (χ3v) is 6.77. The number of rotatable bonds is 8. The Kier molecular flexibility index (Phi) is 7.41. The Balaban J connectivity index is 1.67. The van der Waals surface area contributed by atoms with Crippen molar-refractivity contribution in [1.29, 1.82) is 0 Å². The number of benzene rings is 4. The van der Waals surface area contributed by atoms with Crippen molar-refractivity contribution < 1.29 is 14.3 Å². The number of hydrogen-bond donors (Lipinski definition) is 0. The van der Waals surface area contributed by atoms with E-state index in [1.165, 1.54) is 0 Å². The van der Waals surface area contributed by atoms with Crippen molar-refractivity contribution in [1.82, 2.24) is 14.5 Å². The van der Waals surface area contributed by atoms with E-state index in [0.29, 0.717) is 46.0 Å². The first kappa shape index (κ1) is 25.7. The summed E-state index contributed by atoms with van der Waals surface area (Å²) in [6.07, 6.45) is 0. The molecule has 1 atom stereocenters. The van der Waals surface area contributed by atoms with Crippen LogP contribution < -0.4 is 15.0 Å². The van der Waals surface area contributed by atoms with Gasteiger partial charge in [0.25, 0.3) is 11.5 Å². The summed E-state index contributed by atoms with van der Waals surface area (Å²) in [7, 11) is 3.18. The van der Waals surface area contributed by atoms with Gasteiger partial charge in [-0.1, -0.05) is 42.5 Å². The molecule has 7 nitrogen and oxygen atoms in total. The molecule has 0 saturated heterocycles. The molecule has 0 N–H and O–H groups in total. The Hall–Kier alpha value is -4.91. The van der Waals surface area contributed by atoms with E-state index in [1.54, 1.807) is 66.2 Å². The number of carbonyl (C=O) groups excluding carboxylic acids is 1. The molecule has 7 heteroatoms. The summed E-state index contributed by atoms with van der Waals surface area (Å²) >= 11 is 0. The molecule has 0 saturated carbocycles. The first-order valence-electron chi connectivity index (χ1n) is 12.6. The topological polar surface area (TPSA) is 73.7 Å². The van der Waals surface area contributed by atoms with Gasteiger partial charge in [0.05, 0.1) is 36.9 Å². The number of fused-ring (bicyclic) bond motifs is 1. The van der Waals surface area contributed by atoms with E-state index in [-0.39, 0.29) is 11.5 Å². The van der Waals surface area contributed by atoms with Gasteiger partial charge in [0.15, 0.2) is 0 Å². The smallest absolute Gasteiger partial charge is 0.266 e. The third-order valence-electron chi connectivity index (χ3n) is 6.77. The van der Waals surface area contributed by atoms with Gasteiger partial charge in [-0.05, 0) is 73.2 Å². The van der Waals surface area contributed by atoms with Gasteiger partial charge in [0, 0.05) is 12.1 Å². The van der Waals surface area contributed by atoms with Gasteiger partial charge in [-0.15, -0.1) is 0 Å². The first-order chi connectivity index (χ1) is 19.0. The fraction of sp³-hybridized carbons (Fsp3) is 0.156. The number of para-hydroxylation sites is 1. The van der Waals surface area contributed by atoms with Crippen LogP contribution in [0.15, 0.2) is 108 Å². The van der Waals surface area contributed by atoms with Crippen LogP contribution in [-0.2, 0) is 6.54 Å². The molecule has 4 aromatic carbocycles. The predicted octanol–water partition coefficient (Wildman–Crippen LogP) is 5.81. The van der Waals surface area contributed by atoms with Crippen molar-refractivity contribution in [2.45, 2.75) is 19.5 Å². The highest BCUT2D eigenvalue weighted by Gasteiger charge is 2.28. The third kappa shape index (κ3) is 5.25. The molecule has 196 valence electrons. The van der Waals surface area contributed by atoms with Crippen molar-refractivity contribution in [2.24, 2.45) is 0 Å². The molecule has 0 bridgehead atoms. The summed E-state index contributed by atoms with van der Waals surface area (Å²) in [4.78, 5) is 34.6. The Bertz CT molecular complexity index is 1650. The lowest BCUT2D eigenvalue weighted by Crippen LogP contribution is -2.37. The number of amides is 1. The van der Waals surface area contributed by atoms with E-state index < -0.39 is 6.04 Å². The van der Waals surface area contributed by atoms with E-state index in [4.69, 9.17) is 14.5 Å². The molecule has 1 unspecified atom stereocenters. The summed E-state index contributed by atoms with van der Waals surface area (Å²) in [6.45, 7) is 2.24. The normalized spacial score (nSPS) is 11.7. The monoisotopic (exact) mass is 519 g/mol. The molecule has 0 aliphatic rings. The van der Waals surface area contributed by atoms with Crippen LogP contribution in [0.3, 0.4) is 0 Å². The van der Waals surface area contributed by atoms with Crippen LogP contribution >= 0.6 is 0 Å². The molecule has 0 spiro atoms. The number of ether oxygens (including phenoxy) is 2. The van der Waals surface area contributed by atoms with Gasteiger partial charge < -0.3 is 14.4 Å². The maximum Gasteiger partial charge on any atom is 0.266 e. The van der Waals surface area contributed by atoms with Gasteiger partial charge in [-0.3, -0.25) is 14.2 Å². The maximum atomic E-state index is 14.0. The number of aromatic nitrogens is 2. The second kappa shape index (κ2) is 11.2. The van der Waals surface area contributed by atoms with Crippen molar-refractivity contribution in [3.05, 3.63) is 130 Å². The Morgan fingerprint density at radius 1 is 0.821 bits per heavy atom. The standard InChI is InChI=1S/C32H29N3O4/c1-22(34(21-23-9-5-4-6-10-23)31(36)24-13-17-26(38-2)18-14-24)30-33-29-12-8-7-11-28(29)32(37)35(30)25-15-19-27(39-3)20-16-25/h4-20,22H,21H2,1-3H3. The minimum Gasteiger partial charge on any atom is -0.497 e. The SMILES string of the molecule is COc1ccc(C(=O)N(Cc2ccccc2)C(C)c2nc3ccccc3c(=O)n2-c2ccc(OC)cc2)cc1. The molecule has 1 aromatic heterocycles. The number of hydrogen-bond acceptors (Lipinski definition) is 5. The molecule has 1 heterocycles. The van der Waals surface area contributed by atoms with Crippen LogP contribution in [0.1, 0.15) is 34.7 Å². The summed E-state index contributed by atoms with van der Waals surface area (Å²) in [5, 5.41) is 0.500. The molecule has 5 rings (SSSR count). The molecular weight excluding hydrogens is 490 g/mol. The van der Waals surface area contributed by atoms with Crippen LogP contribution in [0.4, 0.5) is 0 Å². The molecule has 0 aliphatic carbocycles. The van der Waals surface area contributed by atoms with Crippen molar-refractivity contribution in [2.75, 3.05) is 14.2 Å². The predicted molar refractivity (Wildman–Crippen MR) is 152 cm³/mol. The summed E-state index contributed by atoms with van der Waals surface area (Å²) in [5.74, 6) is 1.62. The van der Waals surface area contributed by atoms with Crippen LogP contribution in [0.25, 0.3) is 16.6 Å². The Labute approximate surface area is 226 Å². The Morgan fingerprint density at radius 2 is 1.41 bits per heavy atom.